The van der Waals surface area contributed by atoms with Gasteiger partial charge in [-0.15, -0.1) is 0 Å². The first-order chi connectivity index (χ1) is 16.1. The second-order valence-corrected chi connectivity index (χ2v) is 8.70. The molecular formula is C28H21NO4. The highest BCUT2D eigenvalue weighted by Gasteiger charge is 2.71. The summed E-state index contributed by atoms with van der Waals surface area (Å²) in [7, 11) is 1.35. The molecule has 0 unspecified atom stereocenters. The van der Waals surface area contributed by atoms with Crippen LogP contribution < -0.4 is 4.90 Å². The molecule has 0 bridgehead atoms. The molecule has 3 aromatic rings. The van der Waals surface area contributed by atoms with Crippen LogP contribution in [0.3, 0.4) is 0 Å². The quantitative estimate of drug-likeness (QED) is 0.444. The van der Waals surface area contributed by atoms with Crippen molar-refractivity contribution >= 4 is 29.3 Å². The smallest absolute Gasteiger partial charge is 0.329 e. The Balaban J connectivity index is 1.69. The minimum Gasteiger partial charge on any atom is -0.467 e. The Morgan fingerprint density at radius 3 is 2.12 bits per heavy atom. The van der Waals surface area contributed by atoms with Gasteiger partial charge in [0.2, 0.25) is 0 Å². The molecule has 33 heavy (non-hydrogen) atoms. The maximum absolute atomic E-state index is 14.2. The largest absolute Gasteiger partial charge is 0.467 e. The molecule has 0 aromatic heterocycles. The Kier molecular flexibility index (Phi) is 4.18. The van der Waals surface area contributed by atoms with Gasteiger partial charge in [-0.25, -0.2) is 4.79 Å². The molecule has 3 atom stereocenters. The van der Waals surface area contributed by atoms with E-state index in [1.165, 1.54) is 7.11 Å². The van der Waals surface area contributed by atoms with Crippen molar-refractivity contribution in [2.45, 2.75) is 18.0 Å². The molecule has 1 spiro atoms. The molecule has 2 heterocycles. The maximum Gasteiger partial charge on any atom is 0.329 e. The predicted molar refractivity (Wildman–Crippen MR) is 124 cm³/mol. The topological polar surface area (TPSA) is 63.7 Å². The van der Waals surface area contributed by atoms with Crippen LogP contribution in [-0.4, -0.2) is 36.7 Å². The molecule has 1 aliphatic carbocycles. The molecule has 0 saturated carbocycles. The zero-order valence-corrected chi connectivity index (χ0v) is 18.0. The van der Waals surface area contributed by atoms with Crippen LogP contribution in [0.2, 0.25) is 0 Å². The van der Waals surface area contributed by atoms with Gasteiger partial charge in [-0.1, -0.05) is 84.9 Å². The Hall–Kier alpha value is -3.99. The number of carbonyl (C=O) groups is 3. The summed E-state index contributed by atoms with van der Waals surface area (Å²) in [6, 6.07) is 22.6. The van der Waals surface area contributed by atoms with Gasteiger partial charge in [-0.2, -0.15) is 0 Å². The third-order valence-electron chi connectivity index (χ3n) is 7.31. The lowest BCUT2D eigenvalue weighted by atomic mass is 9.65. The molecule has 6 rings (SSSR count). The Bertz CT molecular complexity index is 1310. The van der Waals surface area contributed by atoms with Crippen molar-refractivity contribution in [1.29, 1.82) is 0 Å². The molecule has 0 amide bonds. The molecule has 1 fully saturated rings. The van der Waals surface area contributed by atoms with E-state index in [9.17, 15) is 14.4 Å². The third-order valence-corrected chi connectivity index (χ3v) is 7.31. The van der Waals surface area contributed by atoms with Gasteiger partial charge in [0.15, 0.2) is 11.6 Å². The van der Waals surface area contributed by atoms with E-state index < -0.39 is 29.4 Å². The summed E-state index contributed by atoms with van der Waals surface area (Å²) >= 11 is 0. The number of rotatable bonds is 2. The van der Waals surface area contributed by atoms with Gasteiger partial charge in [0.1, 0.15) is 11.5 Å². The second-order valence-electron chi connectivity index (χ2n) is 8.70. The zero-order chi connectivity index (χ0) is 22.7. The highest BCUT2D eigenvalue weighted by Crippen LogP contribution is 2.60. The van der Waals surface area contributed by atoms with Crippen molar-refractivity contribution in [3.63, 3.8) is 0 Å². The van der Waals surface area contributed by atoms with Crippen LogP contribution in [0, 0.1) is 5.41 Å². The fourth-order valence-electron chi connectivity index (χ4n) is 6.04. The fourth-order valence-corrected chi connectivity index (χ4v) is 6.04. The summed E-state index contributed by atoms with van der Waals surface area (Å²) < 4.78 is 5.27. The number of Topliss-reactive ketones (excluding diaryl/α,β-unsaturated/α-hetero) is 2. The molecule has 1 saturated heterocycles. The second kappa shape index (κ2) is 7.01. The number of nitrogens with zero attached hydrogens (tertiary/aromatic N) is 1. The molecule has 0 N–H and O–H groups in total. The molecule has 5 heteroatoms. The highest BCUT2D eigenvalue weighted by atomic mass is 16.5. The van der Waals surface area contributed by atoms with Gasteiger partial charge >= 0.3 is 5.97 Å². The number of para-hydroxylation sites is 1. The number of ketones is 2. The van der Waals surface area contributed by atoms with Crippen molar-refractivity contribution in [3.05, 3.63) is 107 Å². The van der Waals surface area contributed by atoms with E-state index in [-0.39, 0.29) is 11.6 Å². The number of anilines is 1. The number of fused-ring (bicyclic) bond motifs is 5. The monoisotopic (exact) mass is 435 g/mol. The molecule has 3 aromatic carbocycles. The van der Waals surface area contributed by atoms with Crippen molar-refractivity contribution in [1.82, 2.24) is 0 Å². The first-order valence-electron chi connectivity index (χ1n) is 11.0. The van der Waals surface area contributed by atoms with Gasteiger partial charge in [-0.05, 0) is 17.2 Å². The van der Waals surface area contributed by atoms with Crippen LogP contribution in [0.25, 0.3) is 6.08 Å². The lowest BCUT2D eigenvalue weighted by Gasteiger charge is -2.36. The fraction of sp³-hybridized carbons (Fsp3) is 0.179. The van der Waals surface area contributed by atoms with Crippen LogP contribution in [0.1, 0.15) is 37.8 Å². The minimum atomic E-state index is -1.46. The van der Waals surface area contributed by atoms with Crippen LogP contribution in [0.15, 0.2) is 84.9 Å². The lowest BCUT2D eigenvalue weighted by Crippen LogP contribution is -2.48. The number of methoxy groups -OCH3 is 1. The summed E-state index contributed by atoms with van der Waals surface area (Å²) in [6.45, 7) is 0. The first-order valence-corrected chi connectivity index (χ1v) is 11.0. The molecule has 2 aliphatic heterocycles. The Morgan fingerprint density at radius 2 is 1.45 bits per heavy atom. The molecular weight excluding hydrogens is 414 g/mol. The van der Waals surface area contributed by atoms with E-state index >= 15 is 0 Å². The standard InChI is InChI=1S/C28H21NO4/c1-33-27(32)24-23(18-10-3-2-4-11-18)28(25(30)19-12-6-7-13-20(19)26(28)31)22-16-15-17-9-5-8-14-21(17)29(22)24/h2-16,22-24H,1H3/t22-,23+,24+/m1/s1. The summed E-state index contributed by atoms with van der Waals surface area (Å²) in [5, 5.41) is 0. The molecule has 0 radical (unpaired) electrons. The molecule has 3 aliphatic rings. The average molecular weight is 435 g/mol. The molecule has 5 nitrogen and oxygen atoms in total. The summed E-state index contributed by atoms with van der Waals surface area (Å²) in [5.41, 5.74) is 1.88. The van der Waals surface area contributed by atoms with E-state index in [1.807, 2.05) is 71.6 Å². The average Bonchev–Trinajstić information content (AvgIpc) is 3.31. The van der Waals surface area contributed by atoms with Crippen LogP contribution in [0.4, 0.5) is 5.69 Å². The number of esters is 1. The summed E-state index contributed by atoms with van der Waals surface area (Å²) in [6.07, 6.45) is 3.85. The number of benzene rings is 3. The van der Waals surface area contributed by atoms with Crippen LogP contribution in [-0.2, 0) is 9.53 Å². The maximum atomic E-state index is 14.2. The summed E-state index contributed by atoms with van der Waals surface area (Å²) in [5.74, 6) is -1.64. The highest BCUT2D eigenvalue weighted by molar-refractivity contribution is 6.32. The zero-order valence-electron chi connectivity index (χ0n) is 18.0. The number of hydrogen-bond acceptors (Lipinski definition) is 5. The van der Waals surface area contributed by atoms with E-state index in [1.54, 1.807) is 24.3 Å². The van der Waals surface area contributed by atoms with Gasteiger partial charge in [-0.3, -0.25) is 9.59 Å². The Labute approximate surface area is 191 Å². The van der Waals surface area contributed by atoms with Crippen molar-refractivity contribution in [2.75, 3.05) is 12.0 Å². The number of ether oxygens (including phenoxy) is 1. The van der Waals surface area contributed by atoms with Crippen LogP contribution in [0.5, 0.6) is 0 Å². The predicted octanol–water partition coefficient (Wildman–Crippen LogP) is 4.29. The first kappa shape index (κ1) is 19.7. The van der Waals surface area contributed by atoms with E-state index in [0.717, 1.165) is 16.8 Å². The third kappa shape index (κ3) is 2.39. The molecule has 162 valence electrons. The van der Waals surface area contributed by atoms with E-state index in [0.29, 0.717) is 11.1 Å². The minimum absolute atomic E-state index is 0.234. The van der Waals surface area contributed by atoms with Gasteiger partial charge < -0.3 is 9.64 Å². The van der Waals surface area contributed by atoms with Crippen LogP contribution >= 0.6 is 0 Å². The van der Waals surface area contributed by atoms with Crippen molar-refractivity contribution in [3.8, 4) is 0 Å². The normalized spacial score (nSPS) is 23.9. The van der Waals surface area contributed by atoms with Gasteiger partial charge in [0.05, 0.1) is 13.2 Å². The van der Waals surface area contributed by atoms with E-state index in [2.05, 4.69) is 0 Å². The van der Waals surface area contributed by atoms with Crippen molar-refractivity contribution in [2.24, 2.45) is 5.41 Å². The number of hydrogen-bond donors (Lipinski definition) is 0. The van der Waals surface area contributed by atoms with Crippen molar-refractivity contribution < 1.29 is 19.1 Å². The Morgan fingerprint density at radius 1 is 0.848 bits per heavy atom. The van der Waals surface area contributed by atoms with E-state index in [4.69, 9.17) is 4.74 Å². The SMILES string of the molecule is COC(=O)[C@@H]1[C@H](c2ccccc2)C2(C(=O)c3ccccc3C2=O)[C@H]2C=Cc3ccccc3N12. The van der Waals surface area contributed by atoms with Gasteiger partial charge in [0, 0.05) is 22.7 Å². The number of carbonyl (C=O) groups excluding carboxylic acids is 3. The van der Waals surface area contributed by atoms with Gasteiger partial charge in [0.25, 0.3) is 0 Å². The lowest BCUT2D eigenvalue weighted by molar-refractivity contribution is -0.142. The summed E-state index contributed by atoms with van der Waals surface area (Å²) in [4.78, 5) is 43.7.